The van der Waals surface area contributed by atoms with Crippen LogP contribution in [0.25, 0.3) is 49.4 Å². The second kappa shape index (κ2) is 10.9. The van der Waals surface area contributed by atoms with E-state index in [9.17, 15) is 0 Å². The molecule has 0 unspecified atom stereocenters. The predicted molar refractivity (Wildman–Crippen MR) is 217 cm³/mol. The molecule has 246 valence electrons. The summed E-state index contributed by atoms with van der Waals surface area (Å²) in [6.07, 6.45) is 6.93. The zero-order valence-corrected chi connectivity index (χ0v) is 29.8. The van der Waals surface area contributed by atoms with Crippen LogP contribution in [0.1, 0.15) is 62.8 Å². The van der Waals surface area contributed by atoms with Gasteiger partial charge in [-0.25, -0.2) is 0 Å². The van der Waals surface area contributed by atoms with Crippen molar-refractivity contribution in [2.75, 3.05) is 4.90 Å². The van der Waals surface area contributed by atoms with Gasteiger partial charge in [0.15, 0.2) is 0 Å². The summed E-state index contributed by atoms with van der Waals surface area (Å²) in [6.45, 7) is 9.51. The zero-order valence-electron chi connectivity index (χ0n) is 29.8. The first kappa shape index (κ1) is 30.2. The highest BCUT2D eigenvalue weighted by Crippen LogP contribution is 2.55. The maximum absolute atomic E-state index is 2.51. The number of nitrogens with zero attached hydrogens (tertiary/aromatic N) is 1. The summed E-state index contributed by atoms with van der Waals surface area (Å²) >= 11 is 0. The van der Waals surface area contributed by atoms with Gasteiger partial charge in [0.2, 0.25) is 0 Å². The molecule has 7 aromatic carbocycles. The van der Waals surface area contributed by atoms with Crippen LogP contribution in [0.4, 0.5) is 17.1 Å². The smallest absolute Gasteiger partial charge is 0.0540 e. The summed E-state index contributed by atoms with van der Waals surface area (Å²) in [4.78, 5) is 2.51. The number of fused-ring (bicyclic) bond motifs is 8. The summed E-state index contributed by atoms with van der Waals surface area (Å²) in [7, 11) is 0. The third-order valence-electron chi connectivity index (χ3n) is 12.1. The fourth-order valence-corrected chi connectivity index (χ4v) is 9.58. The highest BCUT2D eigenvalue weighted by molar-refractivity contribution is 6.09. The fraction of sp³-hybridized carbons (Fsp3) is 0.160. The fourth-order valence-electron chi connectivity index (χ4n) is 9.58. The van der Waals surface area contributed by atoms with Gasteiger partial charge in [0.1, 0.15) is 0 Å². The van der Waals surface area contributed by atoms with Crippen LogP contribution >= 0.6 is 0 Å². The van der Waals surface area contributed by atoms with Crippen LogP contribution in [0, 0.1) is 0 Å². The van der Waals surface area contributed by atoms with E-state index in [-0.39, 0.29) is 10.8 Å². The molecule has 0 aliphatic heterocycles. The molecule has 3 aliphatic carbocycles. The van der Waals surface area contributed by atoms with E-state index in [2.05, 4.69) is 184 Å². The Kier molecular flexibility index (Phi) is 6.46. The first-order valence-corrected chi connectivity index (χ1v) is 18.4. The molecule has 7 aromatic rings. The summed E-state index contributed by atoms with van der Waals surface area (Å²) in [5.41, 5.74) is 17.3. The largest absolute Gasteiger partial charge is 0.310 e. The van der Waals surface area contributed by atoms with Crippen LogP contribution in [0.15, 0.2) is 157 Å². The van der Waals surface area contributed by atoms with E-state index >= 15 is 0 Å². The normalized spacial score (nSPS) is 16.2. The van der Waals surface area contributed by atoms with Crippen molar-refractivity contribution in [1.29, 1.82) is 0 Å². The Morgan fingerprint density at radius 2 is 1.16 bits per heavy atom. The molecular weight excluding hydrogens is 615 g/mol. The summed E-state index contributed by atoms with van der Waals surface area (Å²) in [5.74, 6) is 0. The molecule has 0 saturated carbocycles. The molecule has 0 saturated heterocycles. The number of hydrogen-bond acceptors (Lipinski definition) is 1. The first-order chi connectivity index (χ1) is 24.8. The monoisotopic (exact) mass is 655 g/mol. The summed E-state index contributed by atoms with van der Waals surface area (Å²) < 4.78 is 0. The number of allylic oxidation sites excluding steroid dienone is 4. The molecule has 0 spiro atoms. The van der Waals surface area contributed by atoms with Crippen LogP contribution < -0.4 is 4.90 Å². The Morgan fingerprint density at radius 3 is 2.06 bits per heavy atom. The van der Waals surface area contributed by atoms with Crippen molar-refractivity contribution < 1.29 is 0 Å². The maximum atomic E-state index is 2.51. The van der Waals surface area contributed by atoms with Gasteiger partial charge in [0, 0.05) is 27.8 Å². The van der Waals surface area contributed by atoms with Crippen molar-refractivity contribution in [2.45, 2.75) is 51.4 Å². The van der Waals surface area contributed by atoms with Gasteiger partial charge in [0.25, 0.3) is 0 Å². The Balaban J connectivity index is 1.23. The van der Waals surface area contributed by atoms with E-state index in [0.29, 0.717) is 0 Å². The molecule has 51 heavy (non-hydrogen) atoms. The van der Waals surface area contributed by atoms with Crippen LogP contribution in [-0.2, 0) is 10.8 Å². The van der Waals surface area contributed by atoms with Crippen molar-refractivity contribution in [3.8, 4) is 22.3 Å². The second-order valence-electron chi connectivity index (χ2n) is 15.6. The highest BCUT2D eigenvalue weighted by atomic mass is 15.1. The maximum Gasteiger partial charge on any atom is 0.0540 e. The molecule has 0 heterocycles. The zero-order chi connectivity index (χ0) is 34.5. The number of benzene rings is 7. The lowest BCUT2D eigenvalue weighted by molar-refractivity contribution is 0.651. The van der Waals surface area contributed by atoms with E-state index in [4.69, 9.17) is 0 Å². The molecule has 0 bridgehead atoms. The number of hydrogen-bond donors (Lipinski definition) is 0. The average Bonchev–Trinajstić information content (AvgIpc) is 3.54. The van der Waals surface area contributed by atoms with E-state index < -0.39 is 0 Å². The lowest BCUT2D eigenvalue weighted by Crippen LogP contribution is -2.17. The molecule has 1 nitrogen and oxygen atoms in total. The first-order valence-electron chi connectivity index (χ1n) is 18.4. The van der Waals surface area contributed by atoms with Crippen molar-refractivity contribution in [3.05, 3.63) is 180 Å². The highest BCUT2D eigenvalue weighted by Gasteiger charge is 2.39. The topological polar surface area (TPSA) is 3.24 Å². The Hall–Kier alpha value is -5.66. The molecule has 0 N–H and O–H groups in total. The minimum Gasteiger partial charge on any atom is -0.310 e. The Morgan fingerprint density at radius 1 is 0.490 bits per heavy atom. The van der Waals surface area contributed by atoms with E-state index in [1.807, 2.05) is 0 Å². The van der Waals surface area contributed by atoms with Crippen molar-refractivity contribution in [2.24, 2.45) is 0 Å². The number of rotatable bonds is 4. The molecule has 0 radical (unpaired) electrons. The lowest BCUT2D eigenvalue weighted by Gasteiger charge is -2.30. The third kappa shape index (κ3) is 4.34. The molecular formula is C50H41N. The SMILES string of the molecule is CC1(C)C2=C(CCC=C2)c2cc(N(c3ccc4c(ccc5ccccc54)c3)c3ccccc3-c3cccc4c3-c3ccccc3C4(C)C)ccc21. The average molecular weight is 656 g/mol. The van der Waals surface area contributed by atoms with Crippen LogP contribution in [0.2, 0.25) is 0 Å². The van der Waals surface area contributed by atoms with Crippen molar-refractivity contribution >= 4 is 44.2 Å². The van der Waals surface area contributed by atoms with Crippen LogP contribution in [-0.4, -0.2) is 0 Å². The molecule has 0 fully saturated rings. The Bertz CT molecular complexity index is 2650. The standard InChI is InChI=1S/C50H41N/c1-49(2)43-20-10-7-16-38(43)42-31-35(27-29-45(42)49)51(34-26-28-37-33(30-34)25-24-32-14-5-6-15-36(32)37)47-23-12-9-17-39(47)40-19-13-22-46-48(40)41-18-8-11-21-44(41)50(46,3)4/h5-6,8-15,17-31H,7,16H2,1-4H3. The van der Waals surface area contributed by atoms with Gasteiger partial charge >= 0.3 is 0 Å². The van der Waals surface area contributed by atoms with E-state index in [0.717, 1.165) is 18.5 Å². The quantitative estimate of drug-likeness (QED) is 0.171. The molecule has 0 amide bonds. The van der Waals surface area contributed by atoms with Gasteiger partial charge in [-0.2, -0.15) is 0 Å². The predicted octanol–water partition coefficient (Wildman–Crippen LogP) is 13.8. The van der Waals surface area contributed by atoms with Gasteiger partial charge in [-0.1, -0.05) is 149 Å². The minimum atomic E-state index is -0.0651. The molecule has 3 aliphatic rings. The number of anilines is 3. The summed E-state index contributed by atoms with van der Waals surface area (Å²) in [5, 5.41) is 5.09. The third-order valence-corrected chi connectivity index (χ3v) is 12.1. The van der Waals surface area contributed by atoms with Gasteiger partial charge in [-0.05, 0) is 115 Å². The summed E-state index contributed by atoms with van der Waals surface area (Å²) in [6, 6.07) is 52.5. The van der Waals surface area contributed by atoms with Crippen LogP contribution in [0.5, 0.6) is 0 Å². The molecule has 1 heteroatoms. The van der Waals surface area contributed by atoms with Gasteiger partial charge in [-0.3, -0.25) is 0 Å². The van der Waals surface area contributed by atoms with Crippen molar-refractivity contribution in [1.82, 2.24) is 0 Å². The minimum absolute atomic E-state index is 0.00233. The molecule has 0 atom stereocenters. The van der Waals surface area contributed by atoms with Gasteiger partial charge in [0.05, 0.1) is 5.69 Å². The van der Waals surface area contributed by atoms with E-state index in [1.54, 1.807) is 0 Å². The number of para-hydroxylation sites is 1. The van der Waals surface area contributed by atoms with Gasteiger partial charge < -0.3 is 4.90 Å². The molecule has 10 rings (SSSR count). The van der Waals surface area contributed by atoms with Crippen LogP contribution in [0.3, 0.4) is 0 Å². The van der Waals surface area contributed by atoms with E-state index in [1.165, 1.54) is 88.6 Å². The van der Waals surface area contributed by atoms with Crippen molar-refractivity contribution in [3.63, 3.8) is 0 Å². The molecule has 0 aromatic heterocycles. The Labute approximate surface area is 301 Å². The second-order valence-corrected chi connectivity index (χ2v) is 15.6. The van der Waals surface area contributed by atoms with Gasteiger partial charge in [-0.15, -0.1) is 0 Å². The lowest BCUT2D eigenvalue weighted by atomic mass is 9.80.